The molecule has 2 atom stereocenters. The number of nitrogens with zero attached hydrogens (tertiary/aromatic N) is 3. The van der Waals surface area contributed by atoms with Gasteiger partial charge in [-0.1, -0.05) is 17.3 Å². The number of primary amides is 2. The largest absolute Gasteiger partial charge is 0.372 e. The number of rotatable bonds is 5. The van der Waals surface area contributed by atoms with E-state index in [0.717, 1.165) is 16.5 Å². The van der Waals surface area contributed by atoms with Gasteiger partial charge in [0.1, 0.15) is 5.76 Å². The average Bonchev–Trinajstić information content (AvgIpc) is 3.36. The van der Waals surface area contributed by atoms with Crippen molar-refractivity contribution in [3.05, 3.63) is 52.9 Å². The lowest BCUT2D eigenvalue weighted by atomic mass is 9.97. The zero-order valence-corrected chi connectivity index (χ0v) is 21.9. The Balaban J connectivity index is 1.58. The summed E-state index contributed by atoms with van der Waals surface area (Å²) in [4.78, 5) is 40.0. The molecule has 198 valence electrons. The Kier molecular flexibility index (Phi) is 6.44. The Morgan fingerprint density at radius 3 is 2.34 bits per heavy atom. The van der Waals surface area contributed by atoms with Crippen LogP contribution in [0, 0.1) is 13.8 Å². The highest BCUT2D eigenvalue weighted by molar-refractivity contribution is 6.20. The molecule has 2 aromatic heterocycles. The van der Waals surface area contributed by atoms with Crippen LogP contribution in [-0.4, -0.2) is 57.8 Å². The fourth-order valence-corrected chi connectivity index (χ4v) is 5.59. The molecule has 1 aliphatic heterocycles. The number of hydrogen-bond donors (Lipinski definition) is 2. The smallest absolute Gasteiger partial charge is 0.323 e. The minimum absolute atomic E-state index is 0.0000661. The van der Waals surface area contributed by atoms with Crippen molar-refractivity contribution in [3.8, 4) is 11.1 Å². The minimum atomic E-state index is -0.734. The molecule has 4 N–H and O–H groups in total. The first-order valence-corrected chi connectivity index (χ1v) is 12.6. The first-order valence-electron chi connectivity index (χ1n) is 12.6. The van der Waals surface area contributed by atoms with Crippen molar-refractivity contribution in [3.63, 3.8) is 0 Å². The van der Waals surface area contributed by atoms with Crippen molar-refractivity contribution in [2.45, 2.75) is 52.7 Å². The SMILES string of the molecule is Cc1noc(C)c1-c1cc(C(N)=O)c2c(c1)c1ccc(CCC(=O)N3CC(C)OC(C)C3)cc1n2C(N)=O. The third-order valence-corrected chi connectivity index (χ3v) is 7.13. The standard InChI is InChI=1S/C28H31N5O5/c1-14-12-32(13-15(2)37-14)24(34)8-6-18-5-7-20-21-10-19(25-16(3)31-38-17(25)4)11-22(27(29)35)26(21)33(28(30)36)23(20)9-18/h5,7,9-11,14-15H,6,8,12-13H2,1-4H3,(H2,29,35)(H2,30,36). The van der Waals surface area contributed by atoms with E-state index in [1.165, 1.54) is 4.57 Å². The summed E-state index contributed by atoms with van der Waals surface area (Å²) in [5.41, 5.74) is 15.7. The second kappa shape index (κ2) is 9.60. The van der Waals surface area contributed by atoms with E-state index in [0.29, 0.717) is 59.4 Å². The van der Waals surface area contributed by atoms with Crippen molar-refractivity contribution in [1.82, 2.24) is 14.6 Å². The molecule has 38 heavy (non-hydrogen) atoms. The molecule has 0 bridgehead atoms. The molecule has 2 aromatic carbocycles. The molecule has 1 aliphatic rings. The molecule has 1 saturated heterocycles. The van der Waals surface area contributed by atoms with Crippen LogP contribution in [0.3, 0.4) is 0 Å². The van der Waals surface area contributed by atoms with Crippen molar-refractivity contribution < 1.29 is 23.6 Å². The lowest BCUT2D eigenvalue weighted by Gasteiger charge is -2.35. The predicted molar refractivity (Wildman–Crippen MR) is 143 cm³/mol. The number of aryl methyl sites for hydroxylation is 3. The number of ether oxygens (including phenoxy) is 1. The molecule has 5 rings (SSSR count). The highest BCUT2D eigenvalue weighted by Crippen LogP contribution is 2.37. The lowest BCUT2D eigenvalue weighted by molar-refractivity contribution is -0.143. The van der Waals surface area contributed by atoms with Crippen LogP contribution in [0.5, 0.6) is 0 Å². The second-order valence-electron chi connectivity index (χ2n) is 10.1. The molecular formula is C28H31N5O5. The molecule has 0 radical (unpaired) electrons. The maximum Gasteiger partial charge on any atom is 0.323 e. The van der Waals surface area contributed by atoms with Gasteiger partial charge in [0.2, 0.25) is 5.91 Å². The van der Waals surface area contributed by atoms with Gasteiger partial charge in [-0.25, -0.2) is 4.79 Å². The predicted octanol–water partition coefficient (Wildman–Crippen LogP) is 3.66. The summed E-state index contributed by atoms with van der Waals surface area (Å²) >= 11 is 0. The van der Waals surface area contributed by atoms with E-state index in [1.807, 2.05) is 49.9 Å². The van der Waals surface area contributed by atoms with Crippen LogP contribution in [0.25, 0.3) is 32.9 Å². The van der Waals surface area contributed by atoms with Gasteiger partial charge in [0, 0.05) is 35.8 Å². The van der Waals surface area contributed by atoms with Crippen molar-refractivity contribution in [2.24, 2.45) is 11.5 Å². The van der Waals surface area contributed by atoms with E-state index in [9.17, 15) is 14.4 Å². The van der Waals surface area contributed by atoms with Gasteiger partial charge < -0.3 is 25.6 Å². The zero-order chi connectivity index (χ0) is 27.3. The molecule has 4 aromatic rings. The molecule has 0 saturated carbocycles. The van der Waals surface area contributed by atoms with Crippen LogP contribution >= 0.6 is 0 Å². The molecule has 2 unspecified atom stereocenters. The van der Waals surface area contributed by atoms with Crippen LogP contribution in [0.1, 0.15) is 47.6 Å². The maximum absolute atomic E-state index is 12.9. The fraction of sp³-hybridized carbons (Fsp3) is 0.357. The highest BCUT2D eigenvalue weighted by atomic mass is 16.5. The minimum Gasteiger partial charge on any atom is -0.372 e. The van der Waals surface area contributed by atoms with Gasteiger partial charge in [-0.15, -0.1) is 0 Å². The third-order valence-electron chi connectivity index (χ3n) is 7.13. The van der Waals surface area contributed by atoms with E-state index in [4.69, 9.17) is 20.7 Å². The van der Waals surface area contributed by atoms with E-state index in [-0.39, 0.29) is 23.7 Å². The number of carbonyl (C=O) groups is 3. The van der Waals surface area contributed by atoms with Gasteiger partial charge in [0.25, 0.3) is 5.91 Å². The van der Waals surface area contributed by atoms with Gasteiger partial charge in [0.05, 0.1) is 34.5 Å². The Morgan fingerprint density at radius 2 is 1.74 bits per heavy atom. The van der Waals surface area contributed by atoms with Crippen molar-refractivity contribution in [2.75, 3.05) is 13.1 Å². The molecule has 10 heteroatoms. The monoisotopic (exact) mass is 517 g/mol. The summed E-state index contributed by atoms with van der Waals surface area (Å²) in [6.07, 6.45) is 0.812. The molecule has 10 nitrogen and oxygen atoms in total. The molecule has 3 heterocycles. The Labute approximate surface area is 219 Å². The topological polar surface area (TPSA) is 147 Å². The quantitative estimate of drug-likeness (QED) is 0.413. The number of aromatic nitrogens is 2. The maximum atomic E-state index is 12.9. The van der Waals surface area contributed by atoms with Crippen LogP contribution < -0.4 is 11.5 Å². The van der Waals surface area contributed by atoms with Gasteiger partial charge >= 0.3 is 6.03 Å². The van der Waals surface area contributed by atoms with Crippen molar-refractivity contribution in [1.29, 1.82) is 0 Å². The summed E-state index contributed by atoms with van der Waals surface area (Å²) in [5.74, 6) is -0.0247. The number of fused-ring (bicyclic) bond motifs is 3. The number of benzene rings is 2. The Morgan fingerprint density at radius 1 is 1.03 bits per heavy atom. The number of morpholine rings is 1. The van der Waals surface area contributed by atoms with E-state index < -0.39 is 11.9 Å². The summed E-state index contributed by atoms with van der Waals surface area (Å²) in [6, 6.07) is 8.45. The summed E-state index contributed by atoms with van der Waals surface area (Å²) in [6.45, 7) is 8.68. The van der Waals surface area contributed by atoms with E-state index >= 15 is 0 Å². The van der Waals surface area contributed by atoms with Crippen LogP contribution in [-0.2, 0) is 16.0 Å². The van der Waals surface area contributed by atoms with Gasteiger partial charge in [0.15, 0.2) is 0 Å². The summed E-state index contributed by atoms with van der Waals surface area (Å²) in [5, 5.41) is 5.42. The highest BCUT2D eigenvalue weighted by Gasteiger charge is 2.26. The summed E-state index contributed by atoms with van der Waals surface area (Å²) in [7, 11) is 0. The second-order valence-corrected chi connectivity index (χ2v) is 10.1. The van der Waals surface area contributed by atoms with Gasteiger partial charge in [-0.3, -0.25) is 14.2 Å². The number of carbonyl (C=O) groups excluding carboxylic acids is 3. The third kappa shape index (κ3) is 4.41. The first kappa shape index (κ1) is 25.5. The van der Waals surface area contributed by atoms with E-state index in [2.05, 4.69) is 5.16 Å². The fourth-order valence-electron chi connectivity index (χ4n) is 5.59. The Bertz CT molecular complexity index is 1570. The average molecular weight is 518 g/mol. The van der Waals surface area contributed by atoms with Crippen molar-refractivity contribution >= 4 is 39.7 Å². The lowest BCUT2D eigenvalue weighted by Crippen LogP contribution is -2.48. The van der Waals surface area contributed by atoms with Crippen LogP contribution in [0.15, 0.2) is 34.9 Å². The van der Waals surface area contributed by atoms with Gasteiger partial charge in [-0.05, 0) is 63.4 Å². The first-order chi connectivity index (χ1) is 18.0. The van der Waals surface area contributed by atoms with Crippen LogP contribution in [0.2, 0.25) is 0 Å². The molecule has 0 aliphatic carbocycles. The normalized spacial score (nSPS) is 17.8. The number of amides is 3. The number of nitrogens with two attached hydrogens (primary N) is 2. The molecule has 3 amide bonds. The summed E-state index contributed by atoms with van der Waals surface area (Å²) < 4.78 is 12.4. The van der Waals surface area contributed by atoms with Gasteiger partial charge in [-0.2, -0.15) is 0 Å². The molecule has 1 fully saturated rings. The molecule has 0 spiro atoms. The number of hydrogen-bond acceptors (Lipinski definition) is 6. The molecular weight excluding hydrogens is 486 g/mol. The Hall–Kier alpha value is -4.18. The van der Waals surface area contributed by atoms with Crippen LogP contribution in [0.4, 0.5) is 4.79 Å². The zero-order valence-electron chi connectivity index (χ0n) is 21.9. The van der Waals surface area contributed by atoms with E-state index in [1.54, 1.807) is 13.0 Å².